The fourth-order valence-electron chi connectivity index (χ4n) is 2.99. The van der Waals surface area contributed by atoms with Crippen molar-refractivity contribution in [3.8, 4) is 0 Å². The predicted molar refractivity (Wildman–Crippen MR) is 96.4 cm³/mol. The molecule has 6 nitrogen and oxygen atoms in total. The average molecular weight is 339 g/mol. The van der Waals surface area contributed by atoms with Gasteiger partial charge in [0.1, 0.15) is 5.56 Å². The lowest BCUT2D eigenvalue weighted by molar-refractivity contribution is 0.0745. The molecule has 0 saturated carbocycles. The Balaban J connectivity index is 1.66. The van der Waals surface area contributed by atoms with Crippen LogP contribution in [0.15, 0.2) is 41.3 Å². The van der Waals surface area contributed by atoms with E-state index in [1.54, 1.807) is 18.7 Å². The molecule has 130 valence electrons. The molecule has 0 spiro atoms. The highest BCUT2D eigenvalue weighted by atomic mass is 16.2. The van der Waals surface area contributed by atoms with E-state index in [1.165, 1.54) is 12.3 Å². The number of piperazine rings is 1. The van der Waals surface area contributed by atoms with Crippen molar-refractivity contribution < 1.29 is 9.59 Å². The van der Waals surface area contributed by atoms with Crippen LogP contribution in [-0.2, 0) is 0 Å². The molecule has 25 heavy (non-hydrogen) atoms. The number of hydrogen-bond acceptors (Lipinski definition) is 4. The molecule has 1 aliphatic rings. The van der Waals surface area contributed by atoms with Gasteiger partial charge in [-0.15, -0.1) is 0 Å². The summed E-state index contributed by atoms with van der Waals surface area (Å²) in [7, 11) is 0. The molecule has 0 radical (unpaired) electrons. The van der Waals surface area contributed by atoms with Crippen LogP contribution >= 0.6 is 0 Å². The molecular weight excluding hydrogens is 318 g/mol. The normalized spacial score (nSPS) is 14.5. The molecule has 0 aliphatic carbocycles. The SMILES string of the molecule is CC(=O)c1ccc(N2CCN(C(=O)c3c[nH]c(C)cc3=O)CC2)cc1. The Bertz CT molecular complexity index is 847. The second kappa shape index (κ2) is 6.93. The molecule has 1 saturated heterocycles. The molecule has 0 bridgehead atoms. The number of hydrogen-bond donors (Lipinski definition) is 1. The summed E-state index contributed by atoms with van der Waals surface area (Å²) in [5.41, 5.74) is 2.40. The van der Waals surface area contributed by atoms with E-state index < -0.39 is 0 Å². The van der Waals surface area contributed by atoms with Crippen molar-refractivity contribution in [1.82, 2.24) is 9.88 Å². The summed E-state index contributed by atoms with van der Waals surface area (Å²) in [6.07, 6.45) is 1.49. The third kappa shape index (κ3) is 3.63. The van der Waals surface area contributed by atoms with Crippen molar-refractivity contribution in [3.63, 3.8) is 0 Å². The summed E-state index contributed by atoms with van der Waals surface area (Å²) >= 11 is 0. The number of Topliss-reactive ketones (excluding diaryl/α,β-unsaturated/α-hetero) is 1. The number of amides is 1. The van der Waals surface area contributed by atoms with Crippen molar-refractivity contribution in [2.24, 2.45) is 0 Å². The van der Waals surface area contributed by atoms with Crippen LogP contribution in [0.3, 0.4) is 0 Å². The van der Waals surface area contributed by atoms with Crippen LogP contribution in [0.5, 0.6) is 0 Å². The lowest BCUT2D eigenvalue weighted by Crippen LogP contribution is -2.49. The van der Waals surface area contributed by atoms with E-state index in [4.69, 9.17) is 0 Å². The summed E-state index contributed by atoms with van der Waals surface area (Å²) in [5, 5.41) is 0. The van der Waals surface area contributed by atoms with E-state index in [2.05, 4.69) is 9.88 Å². The van der Waals surface area contributed by atoms with Gasteiger partial charge in [0.2, 0.25) is 0 Å². The number of anilines is 1. The first kappa shape index (κ1) is 17.0. The van der Waals surface area contributed by atoms with Gasteiger partial charge >= 0.3 is 0 Å². The maximum atomic E-state index is 12.5. The highest BCUT2D eigenvalue weighted by molar-refractivity contribution is 5.94. The Morgan fingerprint density at radius 2 is 1.68 bits per heavy atom. The molecule has 0 unspecified atom stereocenters. The van der Waals surface area contributed by atoms with E-state index in [9.17, 15) is 14.4 Å². The highest BCUT2D eigenvalue weighted by Gasteiger charge is 2.24. The van der Waals surface area contributed by atoms with Crippen LogP contribution in [0, 0.1) is 6.92 Å². The zero-order valence-corrected chi connectivity index (χ0v) is 14.4. The number of benzene rings is 1. The molecule has 1 amide bonds. The molecule has 3 rings (SSSR count). The third-order valence-corrected chi connectivity index (χ3v) is 4.49. The van der Waals surface area contributed by atoms with Crippen molar-refractivity contribution in [2.45, 2.75) is 13.8 Å². The Labute approximate surface area is 146 Å². The molecule has 1 aliphatic heterocycles. The van der Waals surface area contributed by atoms with Crippen LogP contribution in [0.4, 0.5) is 5.69 Å². The number of H-pyrrole nitrogens is 1. The van der Waals surface area contributed by atoms with E-state index in [0.717, 1.165) is 11.4 Å². The molecule has 2 heterocycles. The standard InChI is InChI=1S/C19H21N3O3/c1-13-11-18(24)17(12-20-13)19(25)22-9-7-21(8-10-22)16-5-3-15(4-6-16)14(2)23/h3-6,11-12H,7-10H2,1-2H3,(H,20,24). The first-order valence-electron chi connectivity index (χ1n) is 8.30. The molecule has 0 atom stereocenters. The first-order chi connectivity index (χ1) is 12.0. The molecule has 1 fully saturated rings. The van der Waals surface area contributed by atoms with Gasteiger partial charge in [0.15, 0.2) is 11.2 Å². The van der Waals surface area contributed by atoms with Gasteiger partial charge in [-0.25, -0.2) is 0 Å². The molecular formula is C19H21N3O3. The quantitative estimate of drug-likeness (QED) is 0.866. The molecule has 6 heteroatoms. The lowest BCUT2D eigenvalue weighted by Gasteiger charge is -2.36. The van der Waals surface area contributed by atoms with Crippen molar-refractivity contribution >= 4 is 17.4 Å². The number of rotatable bonds is 3. The van der Waals surface area contributed by atoms with Crippen LogP contribution in [0.25, 0.3) is 0 Å². The minimum atomic E-state index is -0.247. The number of aromatic nitrogens is 1. The Kier molecular flexibility index (Phi) is 4.70. The monoisotopic (exact) mass is 339 g/mol. The Morgan fingerprint density at radius 3 is 2.24 bits per heavy atom. The summed E-state index contributed by atoms with van der Waals surface area (Å²) in [6, 6.07) is 8.94. The molecule has 1 aromatic carbocycles. The maximum Gasteiger partial charge on any atom is 0.259 e. The largest absolute Gasteiger partial charge is 0.368 e. The fraction of sp³-hybridized carbons (Fsp3) is 0.316. The fourth-order valence-corrected chi connectivity index (χ4v) is 2.99. The number of carbonyl (C=O) groups excluding carboxylic acids is 2. The van der Waals surface area contributed by atoms with Crippen LogP contribution in [-0.4, -0.2) is 47.8 Å². The zero-order valence-electron chi connectivity index (χ0n) is 14.4. The van der Waals surface area contributed by atoms with Gasteiger partial charge < -0.3 is 14.8 Å². The van der Waals surface area contributed by atoms with Gasteiger partial charge in [0, 0.05) is 55.4 Å². The van der Waals surface area contributed by atoms with Crippen molar-refractivity contribution in [3.05, 3.63) is 63.6 Å². The summed E-state index contributed by atoms with van der Waals surface area (Å²) < 4.78 is 0. The van der Waals surface area contributed by atoms with Gasteiger partial charge in [-0.2, -0.15) is 0 Å². The van der Waals surface area contributed by atoms with Crippen molar-refractivity contribution in [1.29, 1.82) is 0 Å². The first-order valence-corrected chi connectivity index (χ1v) is 8.30. The minimum absolute atomic E-state index is 0.0466. The summed E-state index contributed by atoms with van der Waals surface area (Å²) in [4.78, 5) is 42.7. The van der Waals surface area contributed by atoms with Gasteiger partial charge in [0.05, 0.1) is 0 Å². The van der Waals surface area contributed by atoms with Gasteiger partial charge in [-0.05, 0) is 38.1 Å². The smallest absolute Gasteiger partial charge is 0.259 e. The van der Waals surface area contributed by atoms with Crippen LogP contribution in [0.1, 0.15) is 33.3 Å². The van der Waals surface area contributed by atoms with E-state index in [-0.39, 0.29) is 22.7 Å². The lowest BCUT2D eigenvalue weighted by atomic mass is 10.1. The van der Waals surface area contributed by atoms with E-state index in [0.29, 0.717) is 31.7 Å². The maximum absolute atomic E-state index is 12.5. The number of nitrogens with one attached hydrogen (secondary N) is 1. The van der Waals surface area contributed by atoms with Gasteiger partial charge in [-0.1, -0.05) is 0 Å². The van der Waals surface area contributed by atoms with Crippen LogP contribution in [0.2, 0.25) is 0 Å². The topological polar surface area (TPSA) is 73.5 Å². The van der Waals surface area contributed by atoms with Crippen molar-refractivity contribution in [2.75, 3.05) is 31.1 Å². The number of aromatic amines is 1. The highest BCUT2D eigenvalue weighted by Crippen LogP contribution is 2.18. The summed E-state index contributed by atoms with van der Waals surface area (Å²) in [6.45, 7) is 5.82. The van der Waals surface area contributed by atoms with Crippen LogP contribution < -0.4 is 10.3 Å². The zero-order chi connectivity index (χ0) is 18.0. The number of pyridine rings is 1. The van der Waals surface area contributed by atoms with Gasteiger partial charge in [0.25, 0.3) is 5.91 Å². The Morgan fingerprint density at radius 1 is 1.04 bits per heavy atom. The second-order valence-electron chi connectivity index (χ2n) is 6.28. The molecule has 1 N–H and O–H groups in total. The molecule has 1 aromatic heterocycles. The number of nitrogens with zero attached hydrogens (tertiary/aromatic N) is 2. The Hall–Kier alpha value is -2.89. The third-order valence-electron chi connectivity index (χ3n) is 4.49. The number of carbonyl (C=O) groups is 2. The predicted octanol–water partition coefficient (Wildman–Crippen LogP) is 1.85. The van der Waals surface area contributed by atoms with E-state index in [1.807, 2.05) is 24.3 Å². The van der Waals surface area contributed by atoms with E-state index >= 15 is 0 Å². The van der Waals surface area contributed by atoms with Gasteiger partial charge in [-0.3, -0.25) is 14.4 Å². The second-order valence-corrected chi connectivity index (χ2v) is 6.28. The average Bonchev–Trinajstić information content (AvgIpc) is 2.61. The molecule has 2 aromatic rings. The summed E-state index contributed by atoms with van der Waals surface area (Å²) in [5.74, 6) is -0.182. The number of ketones is 1. The number of aryl methyl sites for hydroxylation is 1. The minimum Gasteiger partial charge on any atom is -0.368 e.